The van der Waals surface area contributed by atoms with Crippen LogP contribution in [0.1, 0.15) is 26.2 Å². The normalized spacial score (nSPS) is 23.1. The van der Waals surface area contributed by atoms with E-state index in [9.17, 15) is 13.2 Å². The van der Waals surface area contributed by atoms with E-state index in [0.717, 1.165) is 12.8 Å². The van der Waals surface area contributed by atoms with Gasteiger partial charge in [0.15, 0.2) is 0 Å². The van der Waals surface area contributed by atoms with Crippen molar-refractivity contribution in [2.24, 2.45) is 11.7 Å². The monoisotopic (exact) mass is 433 g/mol. The van der Waals surface area contributed by atoms with E-state index in [1.165, 1.54) is 16.4 Å². The quantitative estimate of drug-likeness (QED) is 0.704. The number of hydrogen-bond donors (Lipinski definition) is 2. The number of rotatable bonds is 6. The summed E-state index contributed by atoms with van der Waals surface area (Å²) in [6.07, 6.45) is 2.20. The first kappa shape index (κ1) is 22.9. The van der Waals surface area contributed by atoms with Crippen LogP contribution in [0.2, 0.25) is 0 Å². The van der Waals surface area contributed by atoms with Crippen molar-refractivity contribution < 1.29 is 22.7 Å². The Kier molecular flexibility index (Phi) is 8.08. The lowest BCUT2D eigenvalue weighted by Crippen LogP contribution is -2.40. The number of carbonyl (C=O) groups excluding carboxylic acids is 1. The number of anilines is 1. The summed E-state index contributed by atoms with van der Waals surface area (Å²) in [5, 5.41) is 2.85. The summed E-state index contributed by atoms with van der Waals surface area (Å²) < 4.78 is 38.0. The minimum absolute atomic E-state index is 0. The van der Waals surface area contributed by atoms with Gasteiger partial charge in [-0.05, 0) is 44.4 Å². The number of hydrogen-bond acceptors (Lipinski definition) is 6. The Morgan fingerprint density at radius 2 is 2.04 bits per heavy atom. The summed E-state index contributed by atoms with van der Waals surface area (Å²) >= 11 is 0. The van der Waals surface area contributed by atoms with E-state index < -0.39 is 10.0 Å². The van der Waals surface area contributed by atoms with E-state index in [1.54, 1.807) is 6.07 Å². The third-order valence-electron chi connectivity index (χ3n) is 4.96. The Bertz CT molecular complexity index is 783. The topological polar surface area (TPSA) is 111 Å². The van der Waals surface area contributed by atoms with Crippen molar-refractivity contribution in [3.05, 3.63) is 18.2 Å². The van der Waals surface area contributed by atoms with Crippen LogP contribution in [0.4, 0.5) is 5.69 Å². The molecule has 1 aromatic carbocycles. The van der Waals surface area contributed by atoms with E-state index in [0.29, 0.717) is 50.8 Å². The van der Waals surface area contributed by atoms with Gasteiger partial charge in [-0.15, -0.1) is 12.4 Å². The molecule has 1 heterocycles. The molecule has 1 aromatic rings. The first-order valence-corrected chi connectivity index (χ1v) is 10.8. The van der Waals surface area contributed by atoms with Crippen LogP contribution in [0.25, 0.3) is 0 Å². The first-order chi connectivity index (χ1) is 12.9. The van der Waals surface area contributed by atoms with Crippen molar-refractivity contribution in [2.75, 3.05) is 38.2 Å². The number of sulfonamides is 1. The Morgan fingerprint density at radius 3 is 2.64 bits per heavy atom. The van der Waals surface area contributed by atoms with Crippen LogP contribution < -0.4 is 15.8 Å². The number of ether oxygens (including phenoxy) is 2. The van der Waals surface area contributed by atoms with Crippen molar-refractivity contribution in [3.8, 4) is 5.75 Å². The lowest BCUT2D eigenvalue weighted by Gasteiger charge is -2.26. The highest BCUT2D eigenvalue weighted by Crippen LogP contribution is 2.32. The number of nitrogens with one attached hydrogen (secondary N) is 1. The second kappa shape index (κ2) is 9.89. The van der Waals surface area contributed by atoms with Crippen molar-refractivity contribution in [3.63, 3.8) is 0 Å². The Hall–Kier alpha value is -1.39. The van der Waals surface area contributed by atoms with Crippen molar-refractivity contribution in [1.82, 2.24) is 4.31 Å². The minimum atomic E-state index is -3.65. The predicted molar refractivity (Wildman–Crippen MR) is 108 cm³/mol. The van der Waals surface area contributed by atoms with Gasteiger partial charge in [0.2, 0.25) is 15.9 Å². The second-order valence-electron chi connectivity index (χ2n) is 6.87. The smallest absolute Gasteiger partial charge is 0.243 e. The number of nitrogens with two attached hydrogens (primary N) is 1. The van der Waals surface area contributed by atoms with Crippen LogP contribution >= 0.6 is 12.4 Å². The zero-order valence-electron chi connectivity index (χ0n) is 15.9. The zero-order chi connectivity index (χ0) is 19.4. The van der Waals surface area contributed by atoms with Gasteiger partial charge >= 0.3 is 0 Å². The van der Waals surface area contributed by atoms with E-state index in [-0.39, 0.29) is 35.2 Å². The maximum Gasteiger partial charge on any atom is 0.243 e. The summed E-state index contributed by atoms with van der Waals surface area (Å²) in [4.78, 5) is 12.7. The van der Waals surface area contributed by atoms with Gasteiger partial charge < -0.3 is 20.5 Å². The molecule has 0 aromatic heterocycles. The molecule has 8 nitrogen and oxygen atoms in total. The Labute approximate surface area is 172 Å². The predicted octanol–water partition coefficient (Wildman–Crippen LogP) is 1.59. The van der Waals surface area contributed by atoms with Gasteiger partial charge in [-0.1, -0.05) is 0 Å². The van der Waals surface area contributed by atoms with E-state index in [2.05, 4.69) is 5.32 Å². The molecule has 1 saturated carbocycles. The fourth-order valence-electron chi connectivity index (χ4n) is 3.47. The molecular formula is C18H28ClN3O5S. The number of benzene rings is 1. The van der Waals surface area contributed by atoms with Gasteiger partial charge in [-0.25, -0.2) is 8.42 Å². The van der Waals surface area contributed by atoms with Crippen molar-refractivity contribution in [2.45, 2.75) is 37.1 Å². The molecule has 2 aliphatic rings. The highest BCUT2D eigenvalue weighted by atomic mass is 35.5. The van der Waals surface area contributed by atoms with Gasteiger partial charge in [0, 0.05) is 25.0 Å². The average molecular weight is 434 g/mol. The van der Waals surface area contributed by atoms with Crippen LogP contribution in [0.3, 0.4) is 0 Å². The first-order valence-electron chi connectivity index (χ1n) is 9.33. The van der Waals surface area contributed by atoms with Gasteiger partial charge in [0.05, 0.1) is 30.4 Å². The van der Waals surface area contributed by atoms with Crippen molar-refractivity contribution >= 4 is 34.0 Å². The van der Waals surface area contributed by atoms with Gasteiger partial charge in [0.1, 0.15) is 5.75 Å². The molecule has 2 unspecified atom stereocenters. The molecule has 3 N–H and O–H groups in total. The van der Waals surface area contributed by atoms with E-state index in [4.69, 9.17) is 15.2 Å². The van der Waals surface area contributed by atoms with E-state index in [1.807, 2.05) is 6.92 Å². The molecule has 158 valence electrons. The van der Waals surface area contributed by atoms with E-state index >= 15 is 0 Å². The van der Waals surface area contributed by atoms with Gasteiger partial charge in [0.25, 0.3) is 0 Å². The van der Waals surface area contributed by atoms with Crippen molar-refractivity contribution in [1.29, 1.82) is 0 Å². The maximum absolute atomic E-state index is 12.9. The molecule has 2 atom stereocenters. The third-order valence-corrected chi connectivity index (χ3v) is 6.86. The summed E-state index contributed by atoms with van der Waals surface area (Å²) in [6, 6.07) is 4.62. The Morgan fingerprint density at radius 1 is 1.32 bits per heavy atom. The lowest BCUT2D eigenvalue weighted by atomic mass is 10.1. The maximum atomic E-state index is 12.9. The molecule has 0 radical (unpaired) electrons. The number of carbonyl (C=O) groups is 1. The molecule has 1 aliphatic heterocycles. The SMILES string of the molecule is CCOc1ccc(S(=O)(=O)N2CCOCC2)cc1NC(=O)C1CCC(N)C1.Cl. The van der Waals surface area contributed by atoms with Crippen LogP contribution in [-0.4, -0.2) is 57.6 Å². The average Bonchev–Trinajstić information content (AvgIpc) is 3.10. The standard InChI is InChI=1S/C18H27N3O5S.ClH/c1-2-26-17-6-5-15(27(23,24)21-7-9-25-10-8-21)12-16(17)20-18(22)13-3-4-14(19)11-13;/h5-6,12-14H,2-4,7-11,19H2,1H3,(H,20,22);1H. The fourth-order valence-corrected chi connectivity index (χ4v) is 4.91. The summed E-state index contributed by atoms with van der Waals surface area (Å²) in [5.74, 6) is 0.146. The van der Waals surface area contributed by atoms with Crippen LogP contribution in [-0.2, 0) is 19.6 Å². The lowest BCUT2D eigenvalue weighted by molar-refractivity contribution is -0.119. The van der Waals surface area contributed by atoms with Gasteiger partial charge in [-0.2, -0.15) is 4.31 Å². The highest BCUT2D eigenvalue weighted by Gasteiger charge is 2.30. The number of nitrogens with zero attached hydrogens (tertiary/aromatic N) is 1. The third kappa shape index (κ3) is 5.15. The van der Waals surface area contributed by atoms with Crippen LogP contribution in [0.15, 0.2) is 23.1 Å². The molecule has 1 aliphatic carbocycles. The number of morpholine rings is 1. The molecule has 0 spiro atoms. The molecule has 1 saturated heterocycles. The molecule has 0 bridgehead atoms. The molecule has 10 heteroatoms. The molecule has 3 rings (SSSR count). The van der Waals surface area contributed by atoms with Crippen LogP contribution in [0.5, 0.6) is 5.75 Å². The molecular weight excluding hydrogens is 406 g/mol. The number of halogens is 1. The van der Waals surface area contributed by atoms with Crippen LogP contribution in [0, 0.1) is 5.92 Å². The largest absolute Gasteiger partial charge is 0.492 e. The number of amides is 1. The fraction of sp³-hybridized carbons (Fsp3) is 0.611. The Balaban J connectivity index is 0.00000280. The second-order valence-corrected chi connectivity index (χ2v) is 8.80. The zero-order valence-corrected chi connectivity index (χ0v) is 17.6. The summed E-state index contributed by atoms with van der Waals surface area (Å²) in [7, 11) is -3.65. The molecule has 1 amide bonds. The highest BCUT2D eigenvalue weighted by molar-refractivity contribution is 7.89. The minimum Gasteiger partial charge on any atom is -0.492 e. The summed E-state index contributed by atoms with van der Waals surface area (Å²) in [6.45, 7) is 3.63. The molecule has 28 heavy (non-hydrogen) atoms. The van der Waals surface area contributed by atoms with Gasteiger partial charge in [-0.3, -0.25) is 4.79 Å². The summed E-state index contributed by atoms with van der Waals surface area (Å²) in [5.41, 5.74) is 6.27. The molecule has 2 fully saturated rings.